The molecular weight excluding hydrogens is 262 g/mol. The van der Waals surface area contributed by atoms with E-state index in [1.165, 1.54) is 11.0 Å². The minimum atomic E-state index is -0.390. The molecule has 0 saturated carbocycles. The minimum absolute atomic E-state index is 0.00794. The molecule has 0 aliphatic heterocycles. The van der Waals surface area contributed by atoms with E-state index in [2.05, 4.69) is 25.6 Å². The molecule has 0 atom stereocenters. The Labute approximate surface area is 115 Å². The van der Waals surface area contributed by atoms with Crippen molar-refractivity contribution in [3.63, 3.8) is 0 Å². The second kappa shape index (κ2) is 5.68. The Morgan fingerprint density at radius 3 is 2.85 bits per heavy atom. The van der Waals surface area contributed by atoms with Gasteiger partial charge in [0.1, 0.15) is 17.8 Å². The fourth-order valence-corrected chi connectivity index (χ4v) is 1.95. The van der Waals surface area contributed by atoms with E-state index >= 15 is 0 Å². The van der Waals surface area contributed by atoms with Gasteiger partial charge in [-0.2, -0.15) is 10.2 Å². The number of hydrogen-bond acceptors (Lipinski definition) is 6. The van der Waals surface area contributed by atoms with Crippen LogP contribution in [-0.2, 0) is 13.5 Å². The molecule has 108 valence electrons. The van der Waals surface area contributed by atoms with E-state index in [0.29, 0.717) is 24.5 Å². The first-order chi connectivity index (χ1) is 9.50. The summed E-state index contributed by atoms with van der Waals surface area (Å²) in [5.74, 6) is 1.14. The van der Waals surface area contributed by atoms with Crippen LogP contribution in [0.3, 0.4) is 0 Å². The van der Waals surface area contributed by atoms with E-state index in [1.54, 1.807) is 7.05 Å². The Kier molecular flexibility index (Phi) is 3.97. The summed E-state index contributed by atoms with van der Waals surface area (Å²) in [6.45, 7) is 4.27. The number of nitrogens with one attached hydrogen (secondary N) is 2. The first-order valence-corrected chi connectivity index (χ1v) is 6.30. The number of nitrogens with zero attached hydrogens (tertiary/aromatic N) is 5. The summed E-state index contributed by atoms with van der Waals surface area (Å²) in [4.78, 5) is 14.8. The van der Waals surface area contributed by atoms with Crippen molar-refractivity contribution in [1.29, 1.82) is 0 Å². The molecule has 20 heavy (non-hydrogen) atoms. The maximum absolute atomic E-state index is 11.2. The van der Waals surface area contributed by atoms with Gasteiger partial charge in [-0.3, -0.25) is 15.2 Å². The Bertz CT molecular complexity index is 588. The first kappa shape index (κ1) is 14.0. The smallest absolute Gasteiger partial charge is 0.334 e. The monoisotopic (exact) mass is 279 g/mol. The molecule has 0 aliphatic carbocycles. The van der Waals surface area contributed by atoms with Crippen LogP contribution in [0.15, 0.2) is 6.33 Å². The average Bonchev–Trinajstić information content (AvgIpc) is 2.98. The van der Waals surface area contributed by atoms with E-state index in [4.69, 9.17) is 0 Å². The number of nitro groups is 1. The van der Waals surface area contributed by atoms with E-state index in [9.17, 15) is 10.1 Å². The number of rotatable bonds is 6. The first-order valence-electron chi connectivity index (χ1n) is 6.30. The highest BCUT2D eigenvalue weighted by Gasteiger charge is 2.28. The van der Waals surface area contributed by atoms with Gasteiger partial charge in [-0.15, -0.1) is 0 Å². The number of aryl methyl sites for hydroxylation is 1. The molecule has 9 nitrogen and oxygen atoms in total. The third-order valence-corrected chi connectivity index (χ3v) is 2.90. The summed E-state index contributed by atoms with van der Waals surface area (Å²) in [5, 5.41) is 25.0. The van der Waals surface area contributed by atoms with Gasteiger partial charge in [0.15, 0.2) is 0 Å². The fraction of sp³-hybridized carbons (Fsp3) is 0.545. The van der Waals surface area contributed by atoms with Crippen LogP contribution in [0.2, 0.25) is 0 Å². The van der Waals surface area contributed by atoms with Crippen LogP contribution in [-0.4, -0.2) is 36.4 Å². The average molecular weight is 279 g/mol. The van der Waals surface area contributed by atoms with E-state index in [1.807, 2.05) is 13.8 Å². The molecule has 2 rings (SSSR count). The highest BCUT2D eigenvalue weighted by Crippen LogP contribution is 2.32. The number of anilines is 1. The fourth-order valence-electron chi connectivity index (χ4n) is 1.95. The van der Waals surface area contributed by atoms with Crippen molar-refractivity contribution in [3.8, 4) is 0 Å². The molecule has 2 aromatic rings. The summed E-state index contributed by atoms with van der Waals surface area (Å²) in [7, 11) is 1.69. The van der Waals surface area contributed by atoms with Gasteiger partial charge in [-0.05, 0) is 0 Å². The predicted molar refractivity (Wildman–Crippen MR) is 72.5 cm³/mol. The van der Waals surface area contributed by atoms with Crippen molar-refractivity contribution >= 4 is 11.5 Å². The number of hydrogen-bond donors (Lipinski definition) is 2. The molecule has 0 aromatic carbocycles. The van der Waals surface area contributed by atoms with Crippen molar-refractivity contribution in [2.75, 3.05) is 11.9 Å². The van der Waals surface area contributed by atoms with Crippen LogP contribution < -0.4 is 5.32 Å². The van der Waals surface area contributed by atoms with Crippen LogP contribution in [0.5, 0.6) is 0 Å². The zero-order valence-electron chi connectivity index (χ0n) is 11.6. The molecule has 0 fully saturated rings. The molecular formula is C11H17N7O2. The van der Waals surface area contributed by atoms with Crippen LogP contribution in [0, 0.1) is 10.1 Å². The summed E-state index contributed by atoms with van der Waals surface area (Å²) >= 11 is 0. The minimum Gasteiger partial charge on any atom is -0.364 e. The van der Waals surface area contributed by atoms with Gasteiger partial charge in [0, 0.05) is 25.9 Å². The number of aromatic amines is 1. The standard InChI is InChI=1S/C11H17N7O2/c1-7(2)9-10(18(19)20)11(17(3)16-9)12-5-4-8-13-6-14-15-8/h6-7,12H,4-5H2,1-3H3,(H,13,14,15). The summed E-state index contributed by atoms with van der Waals surface area (Å²) in [5.41, 5.74) is 0.528. The van der Waals surface area contributed by atoms with E-state index < -0.39 is 0 Å². The molecule has 0 aliphatic rings. The third kappa shape index (κ3) is 2.76. The van der Waals surface area contributed by atoms with Gasteiger partial charge < -0.3 is 5.32 Å². The Hall–Kier alpha value is -2.45. The summed E-state index contributed by atoms with van der Waals surface area (Å²) < 4.78 is 1.51. The Morgan fingerprint density at radius 2 is 2.30 bits per heavy atom. The second-order valence-electron chi connectivity index (χ2n) is 4.73. The molecule has 0 bridgehead atoms. The highest BCUT2D eigenvalue weighted by molar-refractivity contribution is 5.60. The molecule has 0 saturated heterocycles. The van der Waals surface area contributed by atoms with Gasteiger partial charge in [0.05, 0.1) is 4.92 Å². The van der Waals surface area contributed by atoms with Gasteiger partial charge in [0.2, 0.25) is 5.82 Å². The number of aromatic nitrogens is 5. The predicted octanol–water partition coefficient (Wildman–Crippen LogP) is 1.22. The Balaban J connectivity index is 2.16. The summed E-state index contributed by atoms with van der Waals surface area (Å²) in [6, 6.07) is 0. The maximum atomic E-state index is 11.2. The molecule has 0 spiro atoms. The van der Waals surface area contributed by atoms with Crippen LogP contribution in [0.1, 0.15) is 31.3 Å². The zero-order valence-corrected chi connectivity index (χ0v) is 11.6. The lowest BCUT2D eigenvalue weighted by molar-refractivity contribution is -0.384. The molecule has 0 amide bonds. The van der Waals surface area contributed by atoms with Crippen molar-refractivity contribution in [2.45, 2.75) is 26.2 Å². The van der Waals surface area contributed by atoms with E-state index in [0.717, 1.165) is 5.82 Å². The van der Waals surface area contributed by atoms with Gasteiger partial charge in [-0.1, -0.05) is 13.8 Å². The molecule has 2 heterocycles. The Morgan fingerprint density at radius 1 is 1.55 bits per heavy atom. The van der Waals surface area contributed by atoms with Gasteiger partial charge in [-0.25, -0.2) is 9.67 Å². The van der Waals surface area contributed by atoms with Crippen LogP contribution in [0.4, 0.5) is 11.5 Å². The van der Waals surface area contributed by atoms with Crippen LogP contribution >= 0.6 is 0 Å². The van der Waals surface area contributed by atoms with Crippen molar-refractivity contribution in [1.82, 2.24) is 25.0 Å². The van der Waals surface area contributed by atoms with Gasteiger partial charge in [0.25, 0.3) is 0 Å². The SMILES string of the molecule is CC(C)c1nn(C)c(NCCc2ncn[nH]2)c1[N+](=O)[O-]. The van der Waals surface area contributed by atoms with Crippen molar-refractivity contribution < 1.29 is 4.92 Å². The lowest BCUT2D eigenvalue weighted by atomic mass is 10.1. The zero-order chi connectivity index (χ0) is 14.7. The normalized spacial score (nSPS) is 11.0. The maximum Gasteiger partial charge on any atom is 0.334 e. The summed E-state index contributed by atoms with van der Waals surface area (Å²) in [6.07, 6.45) is 2.03. The number of H-pyrrole nitrogens is 1. The van der Waals surface area contributed by atoms with Crippen molar-refractivity contribution in [2.24, 2.45) is 7.05 Å². The highest BCUT2D eigenvalue weighted by atomic mass is 16.6. The lowest BCUT2D eigenvalue weighted by Crippen LogP contribution is -2.10. The lowest BCUT2D eigenvalue weighted by Gasteiger charge is -2.04. The topological polar surface area (TPSA) is 115 Å². The molecule has 2 aromatic heterocycles. The van der Waals surface area contributed by atoms with E-state index in [-0.39, 0.29) is 16.5 Å². The van der Waals surface area contributed by atoms with Crippen LogP contribution in [0.25, 0.3) is 0 Å². The molecule has 0 unspecified atom stereocenters. The van der Waals surface area contributed by atoms with Gasteiger partial charge >= 0.3 is 5.69 Å². The van der Waals surface area contributed by atoms with Crippen molar-refractivity contribution in [3.05, 3.63) is 28.0 Å². The third-order valence-electron chi connectivity index (χ3n) is 2.90. The molecule has 0 radical (unpaired) electrons. The largest absolute Gasteiger partial charge is 0.364 e. The quantitative estimate of drug-likeness (QED) is 0.607. The second-order valence-corrected chi connectivity index (χ2v) is 4.73. The molecule has 2 N–H and O–H groups in total. The molecule has 9 heteroatoms.